The Morgan fingerprint density at radius 3 is 2.18 bits per heavy atom. The molecule has 0 amide bonds. The van der Waals surface area contributed by atoms with Gasteiger partial charge in [-0.15, -0.1) is 0 Å². The average molecular weight is 373 g/mol. The Balaban J connectivity index is 1.37. The Hall–Kier alpha value is -1.86. The van der Waals surface area contributed by atoms with Crippen LogP contribution < -0.4 is 0 Å². The largest absolute Gasteiger partial charge is 0.371 e. The Morgan fingerprint density at radius 2 is 1.50 bits per heavy atom. The van der Waals surface area contributed by atoms with Crippen LogP contribution in [0.4, 0.5) is 0 Å². The number of ether oxygens (including phenoxy) is 1. The van der Waals surface area contributed by atoms with Crippen molar-refractivity contribution in [1.82, 2.24) is 0 Å². The first-order valence-corrected chi connectivity index (χ1v) is 11.0. The molecule has 0 spiro atoms. The van der Waals surface area contributed by atoms with Crippen LogP contribution in [-0.4, -0.2) is 6.61 Å². The minimum atomic E-state index is -0.253. The minimum absolute atomic E-state index is 0.253. The van der Waals surface area contributed by atoms with E-state index in [1.54, 1.807) is 0 Å². The lowest BCUT2D eigenvalue weighted by atomic mass is 9.76. The number of benzene rings is 3. The molecule has 3 aromatic rings. The molecule has 0 aromatic heterocycles. The highest BCUT2D eigenvalue weighted by molar-refractivity contribution is 5.98. The van der Waals surface area contributed by atoms with Gasteiger partial charge in [0.15, 0.2) is 0 Å². The molecule has 5 rings (SSSR count). The van der Waals surface area contributed by atoms with E-state index in [1.165, 1.54) is 39.9 Å². The number of fused-ring (bicyclic) bond motifs is 4. The monoisotopic (exact) mass is 372 g/mol. The van der Waals surface area contributed by atoms with E-state index in [1.807, 2.05) is 0 Å². The van der Waals surface area contributed by atoms with Gasteiger partial charge in [0.05, 0.1) is 12.2 Å². The zero-order valence-corrected chi connectivity index (χ0v) is 17.6. The van der Waals surface area contributed by atoms with Crippen molar-refractivity contribution in [1.29, 1.82) is 0 Å². The van der Waals surface area contributed by atoms with Gasteiger partial charge in [-0.1, -0.05) is 50.2 Å². The highest BCUT2D eigenvalue weighted by Crippen LogP contribution is 2.55. The van der Waals surface area contributed by atoms with Crippen molar-refractivity contribution in [2.45, 2.75) is 46.1 Å². The summed E-state index contributed by atoms with van der Waals surface area (Å²) >= 11 is 0. The molecule has 5 unspecified atom stereocenters. The van der Waals surface area contributed by atoms with Crippen LogP contribution in [0.3, 0.4) is 0 Å². The van der Waals surface area contributed by atoms with Crippen LogP contribution in [0.1, 0.15) is 46.1 Å². The zero-order valence-electron chi connectivity index (χ0n) is 17.6. The van der Waals surface area contributed by atoms with Gasteiger partial charge >= 0.3 is 0 Å². The molecule has 2 fully saturated rings. The molecular weight excluding hydrogens is 340 g/mol. The molecule has 2 saturated carbocycles. The second-order valence-electron chi connectivity index (χ2n) is 9.96. The summed E-state index contributed by atoms with van der Waals surface area (Å²) in [5.74, 6) is 4.33. The van der Waals surface area contributed by atoms with Crippen molar-refractivity contribution in [2.75, 3.05) is 6.61 Å². The maximum absolute atomic E-state index is 6.57. The molecule has 146 valence electrons. The van der Waals surface area contributed by atoms with E-state index in [2.05, 4.69) is 82.3 Å². The first-order chi connectivity index (χ1) is 13.4. The van der Waals surface area contributed by atoms with Crippen molar-refractivity contribution < 1.29 is 4.74 Å². The summed E-state index contributed by atoms with van der Waals surface area (Å²) in [5, 5.41) is 5.21. The Kier molecular flexibility index (Phi) is 4.28. The number of hydrogen-bond donors (Lipinski definition) is 0. The van der Waals surface area contributed by atoms with Gasteiger partial charge in [0.2, 0.25) is 0 Å². The molecule has 0 radical (unpaired) electrons. The van der Waals surface area contributed by atoms with Gasteiger partial charge in [0, 0.05) is 0 Å². The van der Waals surface area contributed by atoms with Crippen molar-refractivity contribution in [3.05, 3.63) is 60.2 Å². The van der Waals surface area contributed by atoms with Gasteiger partial charge < -0.3 is 4.74 Å². The topological polar surface area (TPSA) is 9.23 Å². The molecule has 0 saturated heterocycles. The molecule has 1 nitrogen and oxygen atoms in total. The molecule has 0 heterocycles. The molecule has 0 aliphatic heterocycles. The summed E-state index contributed by atoms with van der Waals surface area (Å²) < 4.78 is 6.57. The van der Waals surface area contributed by atoms with Crippen LogP contribution in [0.2, 0.25) is 0 Å². The SMILES string of the molecule is CC1C2CC(COC(C)(C)c3ccc4cc5ccccc5cc4c3)C(C2)C1C. The first kappa shape index (κ1) is 18.2. The second kappa shape index (κ2) is 6.59. The van der Waals surface area contributed by atoms with E-state index in [9.17, 15) is 0 Å². The molecule has 0 N–H and O–H groups in total. The first-order valence-electron chi connectivity index (χ1n) is 11.0. The van der Waals surface area contributed by atoms with Crippen molar-refractivity contribution in [2.24, 2.45) is 29.6 Å². The number of rotatable bonds is 4. The summed E-state index contributed by atoms with van der Waals surface area (Å²) in [7, 11) is 0. The third kappa shape index (κ3) is 2.95. The Morgan fingerprint density at radius 1 is 0.821 bits per heavy atom. The van der Waals surface area contributed by atoms with Gasteiger partial charge in [-0.3, -0.25) is 0 Å². The lowest BCUT2D eigenvalue weighted by Crippen LogP contribution is -2.31. The van der Waals surface area contributed by atoms with Crippen LogP contribution in [0.5, 0.6) is 0 Å². The van der Waals surface area contributed by atoms with E-state index in [-0.39, 0.29) is 5.60 Å². The molecule has 5 atom stereocenters. The van der Waals surface area contributed by atoms with E-state index < -0.39 is 0 Å². The average Bonchev–Trinajstić information content (AvgIpc) is 3.24. The summed E-state index contributed by atoms with van der Waals surface area (Å²) in [6.45, 7) is 10.3. The van der Waals surface area contributed by atoms with E-state index in [4.69, 9.17) is 4.74 Å². The molecule has 3 aromatic carbocycles. The Labute approximate surface area is 169 Å². The quantitative estimate of drug-likeness (QED) is 0.441. The summed E-state index contributed by atoms with van der Waals surface area (Å²) in [6, 6.07) is 20.0. The maximum atomic E-state index is 6.57. The van der Waals surface area contributed by atoms with Crippen LogP contribution >= 0.6 is 0 Å². The second-order valence-corrected chi connectivity index (χ2v) is 9.96. The van der Waals surface area contributed by atoms with Crippen molar-refractivity contribution in [3.63, 3.8) is 0 Å². The molecule has 2 bridgehead atoms. The third-order valence-electron chi connectivity index (χ3n) is 8.09. The highest BCUT2D eigenvalue weighted by atomic mass is 16.5. The zero-order chi connectivity index (χ0) is 19.5. The van der Waals surface area contributed by atoms with Gasteiger partial charge in [0.25, 0.3) is 0 Å². The van der Waals surface area contributed by atoms with E-state index in [0.29, 0.717) is 0 Å². The van der Waals surface area contributed by atoms with Crippen LogP contribution in [0.15, 0.2) is 54.6 Å². The summed E-state index contributed by atoms with van der Waals surface area (Å²) in [6.07, 6.45) is 2.80. The smallest absolute Gasteiger partial charge is 0.0875 e. The predicted molar refractivity (Wildman–Crippen MR) is 118 cm³/mol. The molecule has 1 heteroatoms. The maximum Gasteiger partial charge on any atom is 0.0875 e. The third-order valence-corrected chi connectivity index (χ3v) is 8.09. The lowest BCUT2D eigenvalue weighted by molar-refractivity contribution is -0.0539. The fourth-order valence-corrected chi connectivity index (χ4v) is 6.00. The van der Waals surface area contributed by atoms with Gasteiger partial charge in [0.1, 0.15) is 0 Å². The van der Waals surface area contributed by atoms with Crippen molar-refractivity contribution >= 4 is 21.5 Å². The lowest BCUT2D eigenvalue weighted by Gasteiger charge is -2.34. The normalized spacial score (nSPS) is 29.8. The molecule has 2 aliphatic carbocycles. The standard InChI is InChI=1S/C27H32O/c1-17-18(2)26-15-22(17)13-24(26)16-28-27(3,4)25-10-9-21-11-19-7-5-6-8-20(19)12-23(21)14-25/h5-12,14,17-18,22,24,26H,13,15-16H2,1-4H3. The minimum Gasteiger partial charge on any atom is -0.371 e. The van der Waals surface area contributed by atoms with Crippen molar-refractivity contribution in [3.8, 4) is 0 Å². The van der Waals surface area contributed by atoms with E-state index >= 15 is 0 Å². The summed E-state index contributed by atoms with van der Waals surface area (Å²) in [5.41, 5.74) is 1.02. The predicted octanol–water partition coefficient (Wildman–Crippen LogP) is 7.17. The molecule has 2 aliphatic rings. The van der Waals surface area contributed by atoms with Crippen LogP contribution in [0.25, 0.3) is 21.5 Å². The molecular formula is C27H32O. The molecule has 28 heavy (non-hydrogen) atoms. The van der Waals surface area contributed by atoms with Gasteiger partial charge in [-0.05, 0) is 102 Å². The fraction of sp³-hybridized carbons (Fsp3) is 0.481. The van der Waals surface area contributed by atoms with Crippen LogP contribution in [0, 0.1) is 29.6 Å². The van der Waals surface area contributed by atoms with Crippen LogP contribution in [-0.2, 0) is 10.3 Å². The Bertz CT molecular complexity index is 1020. The number of hydrogen-bond acceptors (Lipinski definition) is 1. The van der Waals surface area contributed by atoms with Gasteiger partial charge in [-0.2, -0.15) is 0 Å². The van der Waals surface area contributed by atoms with Gasteiger partial charge in [-0.25, -0.2) is 0 Å². The fourth-order valence-electron chi connectivity index (χ4n) is 6.00. The highest BCUT2D eigenvalue weighted by Gasteiger charge is 2.48. The summed E-state index contributed by atoms with van der Waals surface area (Å²) in [4.78, 5) is 0. The van der Waals surface area contributed by atoms with E-state index in [0.717, 1.165) is 36.2 Å².